The van der Waals surface area contributed by atoms with Gasteiger partial charge in [0.2, 0.25) is 0 Å². The minimum absolute atomic E-state index is 0.120. The number of carbonyl (C=O) groups is 1. The lowest BCUT2D eigenvalue weighted by molar-refractivity contribution is 0.0936. The highest BCUT2D eigenvalue weighted by Gasteiger charge is 2.17. The highest BCUT2D eigenvalue weighted by molar-refractivity contribution is 5.94. The number of carbonyl (C=O) groups excluding carboxylic acids is 1. The molecule has 0 saturated heterocycles. The molecule has 0 radical (unpaired) electrons. The number of benzene rings is 2. The van der Waals surface area contributed by atoms with Crippen LogP contribution in [0.25, 0.3) is 0 Å². The average molecular weight is 363 g/mol. The molecule has 5 heteroatoms. The fourth-order valence-corrected chi connectivity index (χ4v) is 2.75. The number of hydrogen-bond donors (Lipinski definition) is 2. The number of aromatic nitrogens is 2. The van der Waals surface area contributed by atoms with Gasteiger partial charge in [-0.15, -0.1) is 0 Å². The molecule has 0 aliphatic rings. The fourth-order valence-electron chi connectivity index (χ4n) is 2.75. The Morgan fingerprint density at radius 2 is 1.85 bits per heavy atom. The summed E-state index contributed by atoms with van der Waals surface area (Å²) in [6, 6.07) is 17.0. The van der Waals surface area contributed by atoms with Crippen molar-refractivity contribution in [2.45, 2.75) is 26.3 Å². The number of imidazole rings is 1. The topological polar surface area (TPSA) is 67.0 Å². The number of ether oxygens (including phenoxy) is 1. The van der Waals surface area contributed by atoms with Gasteiger partial charge >= 0.3 is 0 Å². The third-order valence-corrected chi connectivity index (χ3v) is 4.16. The van der Waals surface area contributed by atoms with Crippen LogP contribution in [0.2, 0.25) is 0 Å². The van der Waals surface area contributed by atoms with Crippen LogP contribution in [-0.2, 0) is 6.42 Å². The van der Waals surface area contributed by atoms with Crippen LogP contribution in [0.4, 0.5) is 0 Å². The van der Waals surface area contributed by atoms with Gasteiger partial charge in [0.1, 0.15) is 11.6 Å². The SMILES string of the molecule is CC(C)COc1ccc(C(=O)N[C@H](Cc2ncc[nH]2)c2ccccc2)cc1. The summed E-state index contributed by atoms with van der Waals surface area (Å²) in [5.41, 5.74) is 1.64. The summed E-state index contributed by atoms with van der Waals surface area (Å²) in [6.07, 6.45) is 4.10. The average Bonchev–Trinajstić information content (AvgIpc) is 3.20. The number of nitrogens with one attached hydrogen (secondary N) is 2. The molecule has 2 aromatic carbocycles. The predicted octanol–water partition coefficient (Wildman–Crippen LogP) is 4.16. The van der Waals surface area contributed by atoms with E-state index in [-0.39, 0.29) is 11.9 Å². The van der Waals surface area contributed by atoms with Crippen LogP contribution < -0.4 is 10.1 Å². The minimum atomic E-state index is -0.165. The Bertz CT molecular complexity index is 828. The van der Waals surface area contributed by atoms with Crippen LogP contribution in [0, 0.1) is 5.92 Å². The number of hydrogen-bond acceptors (Lipinski definition) is 3. The van der Waals surface area contributed by atoms with Crippen molar-refractivity contribution in [2.75, 3.05) is 6.61 Å². The zero-order valence-electron chi connectivity index (χ0n) is 15.7. The Morgan fingerprint density at radius 1 is 1.11 bits per heavy atom. The van der Waals surface area contributed by atoms with E-state index in [2.05, 4.69) is 29.1 Å². The van der Waals surface area contributed by atoms with E-state index in [0.717, 1.165) is 17.1 Å². The first-order chi connectivity index (χ1) is 13.1. The van der Waals surface area contributed by atoms with E-state index < -0.39 is 0 Å². The maximum atomic E-state index is 12.8. The summed E-state index contributed by atoms with van der Waals surface area (Å²) in [6.45, 7) is 4.86. The predicted molar refractivity (Wildman–Crippen MR) is 106 cm³/mol. The van der Waals surface area contributed by atoms with E-state index in [0.29, 0.717) is 24.5 Å². The maximum absolute atomic E-state index is 12.8. The van der Waals surface area contributed by atoms with Gasteiger partial charge in [0.25, 0.3) is 5.91 Å². The van der Waals surface area contributed by atoms with Crippen molar-refractivity contribution in [2.24, 2.45) is 5.92 Å². The number of rotatable bonds is 8. The first-order valence-corrected chi connectivity index (χ1v) is 9.18. The van der Waals surface area contributed by atoms with Gasteiger partial charge < -0.3 is 15.0 Å². The largest absolute Gasteiger partial charge is 0.493 e. The Balaban J connectivity index is 1.70. The first kappa shape index (κ1) is 18.7. The lowest BCUT2D eigenvalue weighted by Gasteiger charge is -2.18. The van der Waals surface area contributed by atoms with Crippen molar-refractivity contribution in [3.63, 3.8) is 0 Å². The van der Waals surface area contributed by atoms with Crippen LogP contribution in [-0.4, -0.2) is 22.5 Å². The molecule has 2 N–H and O–H groups in total. The third-order valence-electron chi connectivity index (χ3n) is 4.16. The summed E-state index contributed by atoms with van der Waals surface area (Å²) < 4.78 is 5.68. The molecule has 140 valence electrons. The normalized spacial score (nSPS) is 12.0. The van der Waals surface area contributed by atoms with Gasteiger partial charge in [0.15, 0.2) is 0 Å². The van der Waals surface area contributed by atoms with E-state index in [1.165, 1.54) is 0 Å². The quantitative estimate of drug-likeness (QED) is 0.631. The molecule has 1 aromatic heterocycles. The van der Waals surface area contributed by atoms with Crippen molar-refractivity contribution in [1.29, 1.82) is 0 Å². The van der Waals surface area contributed by atoms with Crippen molar-refractivity contribution in [3.8, 4) is 5.75 Å². The molecule has 0 aliphatic carbocycles. The highest BCUT2D eigenvalue weighted by atomic mass is 16.5. The standard InChI is InChI=1S/C22H25N3O2/c1-16(2)15-27-19-10-8-18(9-11-19)22(26)25-20(14-21-23-12-13-24-21)17-6-4-3-5-7-17/h3-13,16,20H,14-15H2,1-2H3,(H,23,24)(H,25,26)/t20-/m1/s1. The van der Waals surface area contributed by atoms with Gasteiger partial charge in [0, 0.05) is 24.4 Å². The zero-order valence-corrected chi connectivity index (χ0v) is 15.7. The van der Waals surface area contributed by atoms with Gasteiger partial charge in [-0.2, -0.15) is 0 Å². The summed E-state index contributed by atoms with van der Waals surface area (Å²) in [5, 5.41) is 3.12. The smallest absolute Gasteiger partial charge is 0.251 e. The van der Waals surface area contributed by atoms with Crippen molar-refractivity contribution in [3.05, 3.63) is 83.9 Å². The van der Waals surface area contributed by atoms with Crippen LogP contribution in [0.15, 0.2) is 67.0 Å². The first-order valence-electron chi connectivity index (χ1n) is 9.18. The summed E-state index contributed by atoms with van der Waals surface area (Å²) >= 11 is 0. The monoisotopic (exact) mass is 363 g/mol. The molecule has 3 aromatic rings. The Hall–Kier alpha value is -3.08. The second-order valence-corrected chi connectivity index (χ2v) is 6.91. The molecule has 0 saturated carbocycles. The molecular weight excluding hydrogens is 338 g/mol. The zero-order chi connectivity index (χ0) is 19.1. The fraction of sp³-hybridized carbons (Fsp3) is 0.273. The van der Waals surface area contributed by atoms with Crippen molar-refractivity contribution < 1.29 is 9.53 Å². The number of H-pyrrole nitrogens is 1. The Kier molecular flexibility index (Phi) is 6.26. The van der Waals surface area contributed by atoms with Crippen molar-refractivity contribution in [1.82, 2.24) is 15.3 Å². The Labute approximate surface area is 159 Å². The number of aromatic amines is 1. The highest BCUT2D eigenvalue weighted by Crippen LogP contribution is 2.19. The van der Waals surface area contributed by atoms with E-state index in [1.807, 2.05) is 42.5 Å². The molecule has 1 heterocycles. The summed E-state index contributed by atoms with van der Waals surface area (Å²) in [5.74, 6) is 1.95. The molecule has 0 unspecified atom stereocenters. The summed E-state index contributed by atoms with van der Waals surface area (Å²) in [7, 11) is 0. The van der Waals surface area contributed by atoms with Gasteiger partial charge in [-0.25, -0.2) is 4.98 Å². The Morgan fingerprint density at radius 3 is 2.48 bits per heavy atom. The van der Waals surface area contributed by atoms with Gasteiger partial charge in [-0.05, 0) is 35.7 Å². The maximum Gasteiger partial charge on any atom is 0.251 e. The molecule has 0 aliphatic heterocycles. The molecule has 0 fully saturated rings. The lowest BCUT2D eigenvalue weighted by atomic mass is 10.0. The molecular formula is C22H25N3O2. The van der Waals surface area contributed by atoms with E-state index >= 15 is 0 Å². The number of nitrogens with zero attached hydrogens (tertiary/aromatic N) is 1. The molecule has 27 heavy (non-hydrogen) atoms. The van der Waals surface area contributed by atoms with Gasteiger partial charge in [-0.1, -0.05) is 44.2 Å². The summed E-state index contributed by atoms with van der Waals surface area (Å²) in [4.78, 5) is 20.1. The van der Waals surface area contributed by atoms with Crippen LogP contribution >= 0.6 is 0 Å². The molecule has 1 atom stereocenters. The van der Waals surface area contributed by atoms with E-state index in [4.69, 9.17) is 4.74 Å². The third kappa shape index (κ3) is 5.45. The molecule has 3 rings (SSSR count). The molecule has 1 amide bonds. The van der Waals surface area contributed by atoms with Crippen molar-refractivity contribution >= 4 is 5.91 Å². The van der Waals surface area contributed by atoms with E-state index in [1.54, 1.807) is 24.5 Å². The van der Waals surface area contributed by atoms with Crippen LogP contribution in [0.3, 0.4) is 0 Å². The van der Waals surface area contributed by atoms with Crippen LogP contribution in [0.5, 0.6) is 5.75 Å². The molecule has 0 spiro atoms. The lowest BCUT2D eigenvalue weighted by Crippen LogP contribution is -2.30. The molecule has 5 nitrogen and oxygen atoms in total. The minimum Gasteiger partial charge on any atom is -0.493 e. The second kappa shape index (κ2) is 9.03. The van der Waals surface area contributed by atoms with Gasteiger partial charge in [0.05, 0.1) is 12.6 Å². The second-order valence-electron chi connectivity index (χ2n) is 6.91. The van der Waals surface area contributed by atoms with Gasteiger partial charge in [-0.3, -0.25) is 4.79 Å². The molecule has 0 bridgehead atoms. The van der Waals surface area contributed by atoms with Crippen LogP contribution in [0.1, 0.15) is 41.6 Å². The van der Waals surface area contributed by atoms with E-state index in [9.17, 15) is 4.79 Å². The number of amides is 1.